The van der Waals surface area contributed by atoms with Crippen LogP contribution in [0.25, 0.3) is 0 Å². The molecule has 88 valence electrons. The van der Waals surface area contributed by atoms with Crippen LogP contribution in [0.3, 0.4) is 0 Å². The second kappa shape index (κ2) is 6.08. The van der Waals surface area contributed by atoms with Gasteiger partial charge in [0, 0.05) is 38.1 Å². The zero-order valence-electron chi connectivity index (χ0n) is 9.83. The van der Waals surface area contributed by atoms with Gasteiger partial charge < -0.3 is 16.0 Å². The Labute approximate surface area is 92.2 Å². The maximum Gasteiger partial charge on any atom is 0.223 e. The molecule has 1 fully saturated rings. The van der Waals surface area contributed by atoms with Gasteiger partial charge in [-0.2, -0.15) is 0 Å². The van der Waals surface area contributed by atoms with Crippen molar-refractivity contribution in [3.05, 3.63) is 0 Å². The third-order valence-corrected chi connectivity index (χ3v) is 3.06. The van der Waals surface area contributed by atoms with Crippen LogP contribution >= 0.6 is 0 Å². The Morgan fingerprint density at radius 1 is 1.40 bits per heavy atom. The van der Waals surface area contributed by atoms with Crippen LogP contribution in [0.15, 0.2) is 0 Å². The van der Waals surface area contributed by atoms with Crippen LogP contribution in [0, 0.1) is 0 Å². The Morgan fingerprint density at radius 3 is 2.47 bits per heavy atom. The van der Waals surface area contributed by atoms with Gasteiger partial charge in [0.15, 0.2) is 0 Å². The molecule has 0 radical (unpaired) electrons. The molecule has 1 aliphatic rings. The maximum absolute atomic E-state index is 11.6. The number of carbonyl (C=O) groups is 1. The third-order valence-electron chi connectivity index (χ3n) is 3.06. The number of nitrogens with zero attached hydrogens (tertiary/aromatic N) is 1. The van der Waals surface area contributed by atoms with Crippen molar-refractivity contribution in [1.29, 1.82) is 0 Å². The topological polar surface area (TPSA) is 58.4 Å². The van der Waals surface area contributed by atoms with Gasteiger partial charge in [-0.15, -0.1) is 0 Å². The van der Waals surface area contributed by atoms with Crippen LogP contribution in [0.4, 0.5) is 0 Å². The van der Waals surface area contributed by atoms with E-state index < -0.39 is 0 Å². The lowest BCUT2D eigenvalue weighted by Crippen LogP contribution is -2.49. The second-order valence-corrected chi connectivity index (χ2v) is 4.20. The summed E-state index contributed by atoms with van der Waals surface area (Å²) in [7, 11) is 0. The average Bonchev–Trinajstić information content (AvgIpc) is 2.17. The van der Waals surface area contributed by atoms with E-state index in [1.54, 1.807) is 0 Å². The van der Waals surface area contributed by atoms with E-state index in [2.05, 4.69) is 5.32 Å². The minimum atomic E-state index is 0.246. The molecule has 0 atom stereocenters. The van der Waals surface area contributed by atoms with Crippen molar-refractivity contribution < 1.29 is 4.79 Å². The highest BCUT2D eigenvalue weighted by Crippen LogP contribution is 2.16. The van der Waals surface area contributed by atoms with E-state index in [9.17, 15) is 4.79 Å². The highest BCUT2D eigenvalue weighted by atomic mass is 16.2. The summed E-state index contributed by atoms with van der Waals surface area (Å²) in [5.74, 6) is 0.246. The molecule has 0 aromatic carbocycles. The van der Waals surface area contributed by atoms with Crippen molar-refractivity contribution in [2.24, 2.45) is 5.73 Å². The molecule has 0 unspecified atom stereocenters. The first-order valence-electron chi connectivity index (χ1n) is 5.94. The van der Waals surface area contributed by atoms with Gasteiger partial charge in [-0.1, -0.05) is 0 Å². The fourth-order valence-electron chi connectivity index (χ4n) is 1.95. The minimum Gasteiger partial charge on any atom is -0.343 e. The molecule has 4 heteroatoms. The molecule has 4 nitrogen and oxygen atoms in total. The van der Waals surface area contributed by atoms with Crippen molar-refractivity contribution in [3.8, 4) is 0 Å². The van der Waals surface area contributed by atoms with Crippen molar-refractivity contribution in [2.45, 2.75) is 45.2 Å². The van der Waals surface area contributed by atoms with Gasteiger partial charge in [0.05, 0.1) is 0 Å². The van der Waals surface area contributed by atoms with Crippen LogP contribution in [-0.2, 0) is 4.79 Å². The van der Waals surface area contributed by atoms with Crippen LogP contribution in [0.5, 0.6) is 0 Å². The van der Waals surface area contributed by atoms with E-state index in [1.165, 1.54) is 0 Å². The Bertz CT molecular complexity index is 198. The zero-order valence-corrected chi connectivity index (χ0v) is 9.83. The molecular formula is C11H23N3O. The lowest BCUT2D eigenvalue weighted by Gasteiger charge is -2.33. The lowest BCUT2D eigenvalue weighted by atomic mass is 9.88. The Balaban J connectivity index is 2.06. The second-order valence-electron chi connectivity index (χ2n) is 4.20. The number of hydrogen-bond acceptors (Lipinski definition) is 3. The first kappa shape index (κ1) is 12.5. The van der Waals surface area contributed by atoms with Crippen LogP contribution in [-0.4, -0.2) is 42.5 Å². The number of nitrogens with one attached hydrogen (secondary N) is 1. The summed E-state index contributed by atoms with van der Waals surface area (Å²) in [6.45, 7) is 6.43. The normalized spacial score (nSPS) is 24.7. The fourth-order valence-corrected chi connectivity index (χ4v) is 1.95. The highest BCUT2D eigenvalue weighted by molar-refractivity contribution is 5.76. The molecule has 1 amide bonds. The monoisotopic (exact) mass is 213 g/mol. The number of nitrogens with two attached hydrogens (primary N) is 1. The highest BCUT2D eigenvalue weighted by Gasteiger charge is 2.25. The van der Waals surface area contributed by atoms with Crippen molar-refractivity contribution >= 4 is 5.91 Å². The predicted molar refractivity (Wildman–Crippen MR) is 61.5 cm³/mol. The molecule has 0 aromatic heterocycles. The quantitative estimate of drug-likeness (QED) is 0.668. The molecule has 1 rings (SSSR count). The summed E-state index contributed by atoms with van der Waals surface area (Å²) in [5, 5.41) is 3.36. The van der Waals surface area contributed by atoms with E-state index in [1.807, 2.05) is 18.7 Å². The van der Waals surface area contributed by atoms with E-state index in [0.29, 0.717) is 18.5 Å². The fraction of sp³-hybridized carbons (Fsp3) is 0.909. The van der Waals surface area contributed by atoms with Crippen LogP contribution < -0.4 is 11.1 Å². The Morgan fingerprint density at radius 2 is 2.00 bits per heavy atom. The largest absolute Gasteiger partial charge is 0.343 e. The van der Waals surface area contributed by atoms with Crippen LogP contribution in [0.1, 0.15) is 33.1 Å². The molecule has 0 spiro atoms. The van der Waals surface area contributed by atoms with E-state index in [4.69, 9.17) is 5.73 Å². The van der Waals surface area contributed by atoms with E-state index in [0.717, 1.165) is 32.5 Å². The zero-order chi connectivity index (χ0) is 11.3. The Hall–Kier alpha value is -0.610. The number of rotatable bonds is 6. The summed E-state index contributed by atoms with van der Waals surface area (Å²) in [6.07, 6.45) is 2.71. The van der Waals surface area contributed by atoms with Gasteiger partial charge in [-0.25, -0.2) is 0 Å². The number of hydrogen-bond donors (Lipinski definition) is 2. The first-order chi connectivity index (χ1) is 7.17. The molecule has 1 saturated carbocycles. The third kappa shape index (κ3) is 3.80. The summed E-state index contributed by atoms with van der Waals surface area (Å²) in [6, 6.07) is 0.922. The smallest absolute Gasteiger partial charge is 0.223 e. The summed E-state index contributed by atoms with van der Waals surface area (Å²) in [4.78, 5) is 13.5. The average molecular weight is 213 g/mol. The van der Waals surface area contributed by atoms with Gasteiger partial charge >= 0.3 is 0 Å². The van der Waals surface area contributed by atoms with Gasteiger partial charge in [-0.3, -0.25) is 4.79 Å². The van der Waals surface area contributed by atoms with Crippen molar-refractivity contribution in [1.82, 2.24) is 10.2 Å². The van der Waals surface area contributed by atoms with Gasteiger partial charge in [0.2, 0.25) is 5.91 Å². The SMILES string of the molecule is CCN(CC)C(=O)CCNC1CC(N)C1. The van der Waals surface area contributed by atoms with Gasteiger partial charge in [0.1, 0.15) is 0 Å². The summed E-state index contributed by atoms with van der Waals surface area (Å²) < 4.78 is 0. The van der Waals surface area contributed by atoms with Gasteiger partial charge in [-0.05, 0) is 26.7 Å². The molecule has 0 aromatic rings. The molecule has 0 bridgehead atoms. The minimum absolute atomic E-state index is 0.246. The predicted octanol–water partition coefficient (Wildman–Crippen LogP) is 0.324. The number of amides is 1. The number of carbonyl (C=O) groups excluding carboxylic acids is 1. The molecule has 3 N–H and O–H groups in total. The maximum atomic E-state index is 11.6. The standard InChI is InChI=1S/C11H23N3O/c1-3-14(4-2)11(15)5-6-13-10-7-9(12)8-10/h9-10,13H,3-8,12H2,1-2H3. The Kier molecular flexibility index (Phi) is 5.05. The van der Waals surface area contributed by atoms with Gasteiger partial charge in [0.25, 0.3) is 0 Å². The molecular weight excluding hydrogens is 190 g/mol. The molecule has 0 heterocycles. The van der Waals surface area contributed by atoms with Crippen molar-refractivity contribution in [2.75, 3.05) is 19.6 Å². The van der Waals surface area contributed by atoms with Crippen LogP contribution in [0.2, 0.25) is 0 Å². The molecule has 0 saturated heterocycles. The summed E-state index contributed by atoms with van der Waals surface area (Å²) >= 11 is 0. The molecule has 15 heavy (non-hydrogen) atoms. The first-order valence-corrected chi connectivity index (χ1v) is 5.94. The molecule has 0 aliphatic heterocycles. The van der Waals surface area contributed by atoms with Crippen molar-refractivity contribution in [3.63, 3.8) is 0 Å². The molecule has 1 aliphatic carbocycles. The van der Waals surface area contributed by atoms with E-state index in [-0.39, 0.29) is 5.91 Å². The van der Waals surface area contributed by atoms with E-state index >= 15 is 0 Å². The lowest BCUT2D eigenvalue weighted by molar-refractivity contribution is -0.130. The summed E-state index contributed by atoms with van der Waals surface area (Å²) in [5.41, 5.74) is 5.68.